The Balaban J connectivity index is 2.16. The van der Waals surface area contributed by atoms with Gasteiger partial charge < -0.3 is 9.64 Å². The van der Waals surface area contributed by atoms with Gasteiger partial charge in [0.15, 0.2) is 0 Å². The maximum absolute atomic E-state index is 12.6. The highest BCUT2D eigenvalue weighted by Gasteiger charge is 2.46. The molecule has 6 heteroatoms. The number of carbonyl (C=O) groups is 2. The predicted octanol–water partition coefficient (Wildman–Crippen LogP) is 3.48. The van der Waals surface area contributed by atoms with Gasteiger partial charge in [0.05, 0.1) is 13.0 Å². The Kier molecular flexibility index (Phi) is 5.35. The Morgan fingerprint density at radius 2 is 2.09 bits per heavy atom. The quantitative estimate of drug-likeness (QED) is 0.786. The topological polar surface area (TPSA) is 46.6 Å². The molecule has 0 N–H and O–H groups in total. The molecule has 0 radical (unpaired) electrons. The van der Waals surface area contributed by atoms with E-state index in [0.717, 1.165) is 6.42 Å². The first-order valence-electron chi connectivity index (χ1n) is 7.30. The summed E-state index contributed by atoms with van der Waals surface area (Å²) in [4.78, 5) is 26.4. The molecule has 1 aliphatic rings. The normalized spacial score (nSPS) is 21.0. The molecule has 1 fully saturated rings. The summed E-state index contributed by atoms with van der Waals surface area (Å²) in [7, 11) is 0. The minimum absolute atomic E-state index is 0.128. The summed E-state index contributed by atoms with van der Waals surface area (Å²) in [6, 6.07) is 5.05. The van der Waals surface area contributed by atoms with Gasteiger partial charge >= 0.3 is 5.97 Å². The number of esters is 1. The molecule has 1 heterocycles. The summed E-state index contributed by atoms with van der Waals surface area (Å²) in [6.45, 7) is 4.38. The fourth-order valence-corrected chi connectivity index (χ4v) is 3.26. The molecule has 1 aliphatic heterocycles. The van der Waals surface area contributed by atoms with Crippen LogP contribution in [0.15, 0.2) is 18.2 Å². The number of amides is 1. The first-order chi connectivity index (χ1) is 10.4. The molecular formula is C16H19Cl2NO3. The highest BCUT2D eigenvalue weighted by Crippen LogP contribution is 2.31. The predicted molar refractivity (Wildman–Crippen MR) is 86.2 cm³/mol. The van der Waals surface area contributed by atoms with Gasteiger partial charge in [-0.05, 0) is 44.4 Å². The van der Waals surface area contributed by atoms with E-state index < -0.39 is 5.54 Å². The van der Waals surface area contributed by atoms with Crippen LogP contribution in [0, 0.1) is 0 Å². The van der Waals surface area contributed by atoms with Crippen LogP contribution >= 0.6 is 23.2 Å². The number of hydrogen-bond donors (Lipinski definition) is 0. The van der Waals surface area contributed by atoms with Crippen molar-refractivity contribution >= 4 is 35.1 Å². The minimum Gasteiger partial charge on any atom is -0.464 e. The largest absolute Gasteiger partial charge is 0.464 e. The van der Waals surface area contributed by atoms with Crippen molar-refractivity contribution in [2.45, 2.75) is 38.6 Å². The van der Waals surface area contributed by atoms with E-state index >= 15 is 0 Å². The monoisotopic (exact) mass is 343 g/mol. The number of halogens is 2. The van der Waals surface area contributed by atoms with E-state index in [1.807, 2.05) is 0 Å². The van der Waals surface area contributed by atoms with Crippen molar-refractivity contribution in [1.29, 1.82) is 0 Å². The van der Waals surface area contributed by atoms with E-state index in [1.54, 1.807) is 36.9 Å². The molecule has 0 spiro atoms. The van der Waals surface area contributed by atoms with Crippen LogP contribution in [0.25, 0.3) is 0 Å². The second-order valence-corrected chi connectivity index (χ2v) is 6.40. The van der Waals surface area contributed by atoms with Crippen LogP contribution in [0.5, 0.6) is 0 Å². The molecule has 1 aromatic carbocycles. The third kappa shape index (κ3) is 3.39. The Hall–Kier alpha value is -1.26. The summed E-state index contributed by atoms with van der Waals surface area (Å²) in [5.41, 5.74) is -0.180. The van der Waals surface area contributed by atoms with Gasteiger partial charge in [-0.1, -0.05) is 29.3 Å². The Morgan fingerprint density at radius 1 is 1.36 bits per heavy atom. The molecule has 1 saturated heterocycles. The standard InChI is InChI=1S/C16H19Cl2NO3/c1-3-22-15(21)16(2)7-4-8-19(16)14(20)9-11-5-6-12(17)10-13(11)18/h5-6,10H,3-4,7-9H2,1-2H3. The Labute approximate surface area is 140 Å². The van der Waals surface area contributed by atoms with Crippen molar-refractivity contribution in [2.24, 2.45) is 0 Å². The molecule has 0 bridgehead atoms. The number of likely N-dealkylation sites (tertiary alicyclic amines) is 1. The molecule has 0 aromatic heterocycles. The number of ether oxygens (including phenoxy) is 1. The van der Waals surface area contributed by atoms with Crippen molar-refractivity contribution in [3.63, 3.8) is 0 Å². The zero-order valence-corrected chi connectivity index (χ0v) is 14.2. The maximum atomic E-state index is 12.6. The lowest BCUT2D eigenvalue weighted by Crippen LogP contribution is -2.52. The molecular weight excluding hydrogens is 325 g/mol. The Bertz CT molecular complexity index is 591. The SMILES string of the molecule is CCOC(=O)C1(C)CCCN1C(=O)Cc1ccc(Cl)cc1Cl. The fraction of sp³-hybridized carbons (Fsp3) is 0.500. The van der Waals surface area contributed by atoms with Gasteiger partial charge in [-0.2, -0.15) is 0 Å². The lowest BCUT2D eigenvalue weighted by molar-refractivity contribution is -0.160. The second kappa shape index (κ2) is 6.88. The van der Waals surface area contributed by atoms with Crippen molar-refractivity contribution in [3.05, 3.63) is 33.8 Å². The molecule has 0 aliphatic carbocycles. The van der Waals surface area contributed by atoms with Crippen molar-refractivity contribution in [2.75, 3.05) is 13.2 Å². The first-order valence-corrected chi connectivity index (χ1v) is 8.05. The molecule has 1 aromatic rings. The average Bonchev–Trinajstić information content (AvgIpc) is 2.85. The van der Waals surface area contributed by atoms with Gasteiger partial charge in [0.2, 0.25) is 5.91 Å². The van der Waals surface area contributed by atoms with E-state index in [9.17, 15) is 9.59 Å². The van der Waals surface area contributed by atoms with Crippen LogP contribution in [0.1, 0.15) is 32.3 Å². The smallest absolute Gasteiger partial charge is 0.331 e. The molecule has 1 amide bonds. The number of nitrogens with zero attached hydrogens (tertiary/aromatic N) is 1. The highest BCUT2D eigenvalue weighted by atomic mass is 35.5. The zero-order chi connectivity index (χ0) is 16.3. The van der Waals surface area contributed by atoms with Gasteiger partial charge in [0.25, 0.3) is 0 Å². The fourth-order valence-electron chi connectivity index (χ4n) is 2.79. The van der Waals surface area contributed by atoms with Gasteiger partial charge in [0.1, 0.15) is 5.54 Å². The Morgan fingerprint density at radius 3 is 2.73 bits per heavy atom. The van der Waals surface area contributed by atoms with E-state index in [2.05, 4.69) is 0 Å². The van der Waals surface area contributed by atoms with Crippen LogP contribution in [0.4, 0.5) is 0 Å². The molecule has 4 nitrogen and oxygen atoms in total. The molecule has 120 valence electrons. The van der Waals surface area contributed by atoms with Crippen LogP contribution in [-0.4, -0.2) is 35.5 Å². The number of benzene rings is 1. The zero-order valence-electron chi connectivity index (χ0n) is 12.7. The van der Waals surface area contributed by atoms with Crippen molar-refractivity contribution < 1.29 is 14.3 Å². The number of hydrogen-bond acceptors (Lipinski definition) is 3. The highest BCUT2D eigenvalue weighted by molar-refractivity contribution is 6.35. The third-order valence-corrected chi connectivity index (χ3v) is 4.60. The minimum atomic E-state index is -0.883. The van der Waals surface area contributed by atoms with Gasteiger partial charge in [-0.25, -0.2) is 4.79 Å². The molecule has 2 rings (SSSR count). The summed E-state index contributed by atoms with van der Waals surface area (Å²) in [5.74, 6) is -0.472. The van der Waals surface area contributed by atoms with E-state index in [4.69, 9.17) is 27.9 Å². The van der Waals surface area contributed by atoms with Gasteiger partial charge in [-0.15, -0.1) is 0 Å². The van der Waals surface area contributed by atoms with Crippen LogP contribution < -0.4 is 0 Å². The van der Waals surface area contributed by atoms with Gasteiger partial charge in [-0.3, -0.25) is 4.79 Å². The van der Waals surface area contributed by atoms with Gasteiger partial charge in [0, 0.05) is 16.6 Å². The molecule has 1 unspecified atom stereocenters. The van der Waals surface area contributed by atoms with E-state index in [-0.39, 0.29) is 18.3 Å². The second-order valence-electron chi connectivity index (χ2n) is 5.56. The summed E-state index contributed by atoms with van der Waals surface area (Å²) in [5, 5.41) is 0.983. The average molecular weight is 344 g/mol. The number of rotatable bonds is 4. The summed E-state index contributed by atoms with van der Waals surface area (Å²) < 4.78 is 5.12. The van der Waals surface area contributed by atoms with Crippen molar-refractivity contribution in [3.8, 4) is 0 Å². The van der Waals surface area contributed by atoms with E-state index in [1.165, 1.54) is 0 Å². The van der Waals surface area contributed by atoms with Crippen molar-refractivity contribution in [1.82, 2.24) is 4.90 Å². The summed E-state index contributed by atoms with van der Waals surface area (Å²) in [6.07, 6.45) is 1.55. The van der Waals surface area contributed by atoms with Crippen LogP contribution in [0.2, 0.25) is 10.0 Å². The molecule has 0 saturated carbocycles. The lowest BCUT2D eigenvalue weighted by Gasteiger charge is -2.33. The lowest BCUT2D eigenvalue weighted by atomic mass is 9.98. The molecule has 22 heavy (non-hydrogen) atoms. The first kappa shape index (κ1) is 17.1. The molecule has 1 atom stereocenters. The summed E-state index contributed by atoms with van der Waals surface area (Å²) >= 11 is 12.0. The maximum Gasteiger partial charge on any atom is 0.331 e. The van der Waals surface area contributed by atoms with Crippen LogP contribution in [-0.2, 0) is 20.7 Å². The van der Waals surface area contributed by atoms with Crippen LogP contribution in [0.3, 0.4) is 0 Å². The van der Waals surface area contributed by atoms with E-state index in [0.29, 0.717) is 35.2 Å². The third-order valence-electron chi connectivity index (χ3n) is 4.01. The number of carbonyl (C=O) groups excluding carboxylic acids is 2.